The van der Waals surface area contributed by atoms with Crippen LogP contribution in [-0.4, -0.2) is 0 Å². The van der Waals surface area contributed by atoms with Gasteiger partial charge in [0, 0.05) is 15.8 Å². The highest BCUT2D eigenvalue weighted by atomic mass is 32.1. The van der Waals surface area contributed by atoms with Crippen molar-refractivity contribution in [3.63, 3.8) is 0 Å². The molecule has 1 atom stereocenters. The summed E-state index contributed by atoms with van der Waals surface area (Å²) in [5.41, 5.74) is 9.58. The highest BCUT2D eigenvalue weighted by Gasteiger charge is 2.19. The van der Waals surface area contributed by atoms with E-state index in [1.807, 2.05) is 23.6 Å². The molecule has 0 amide bonds. The molecule has 3 heteroatoms. The number of furan rings is 1. The molecule has 2 aromatic heterocycles. The van der Waals surface area contributed by atoms with Crippen LogP contribution in [0, 0.1) is 13.8 Å². The van der Waals surface area contributed by atoms with Crippen molar-refractivity contribution in [1.29, 1.82) is 0 Å². The highest BCUT2D eigenvalue weighted by molar-refractivity contribution is 7.10. The van der Waals surface area contributed by atoms with Crippen molar-refractivity contribution >= 4 is 22.3 Å². The zero-order chi connectivity index (χ0) is 12.7. The van der Waals surface area contributed by atoms with E-state index >= 15 is 0 Å². The van der Waals surface area contributed by atoms with E-state index in [4.69, 9.17) is 10.2 Å². The Morgan fingerprint density at radius 2 is 2.06 bits per heavy atom. The smallest absolute Gasteiger partial charge is 0.134 e. The Kier molecular flexibility index (Phi) is 2.73. The predicted molar refractivity (Wildman–Crippen MR) is 76.0 cm³/mol. The number of nitrogens with two attached hydrogens (primary N) is 1. The molecule has 92 valence electrons. The zero-order valence-electron chi connectivity index (χ0n) is 10.4. The molecular weight excluding hydrogens is 242 g/mol. The number of hydrogen-bond acceptors (Lipinski definition) is 3. The predicted octanol–water partition coefficient (Wildman–Crippen LogP) is 4.16. The molecule has 0 saturated carbocycles. The number of rotatable bonds is 2. The first kappa shape index (κ1) is 11.5. The molecule has 0 bridgehead atoms. The molecule has 0 radical (unpaired) electrons. The molecule has 2 N–H and O–H groups in total. The minimum atomic E-state index is -0.169. The summed E-state index contributed by atoms with van der Waals surface area (Å²) in [4.78, 5) is 1.13. The molecule has 2 heterocycles. The van der Waals surface area contributed by atoms with Crippen molar-refractivity contribution < 1.29 is 4.42 Å². The van der Waals surface area contributed by atoms with E-state index in [0.717, 1.165) is 27.2 Å². The van der Waals surface area contributed by atoms with Crippen LogP contribution in [-0.2, 0) is 0 Å². The van der Waals surface area contributed by atoms with E-state index in [-0.39, 0.29) is 6.04 Å². The lowest BCUT2D eigenvalue weighted by Crippen LogP contribution is -2.10. The van der Waals surface area contributed by atoms with Gasteiger partial charge in [-0.05, 0) is 37.4 Å². The molecule has 0 fully saturated rings. The maximum absolute atomic E-state index is 6.28. The number of benzene rings is 1. The second-order valence-electron chi connectivity index (χ2n) is 4.58. The summed E-state index contributed by atoms with van der Waals surface area (Å²) in [6.07, 6.45) is 0. The van der Waals surface area contributed by atoms with Crippen LogP contribution in [0.3, 0.4) is 0 Å². The van der Waals surface area contributed by atoms with Gasteiger partial charge in [-0.15, -0.1) is 11.3 Å². The molecule has 1 aromatic carbocycles. The number of fused-ring (bicyclic) bond motifs is 1. The van der Waals surface area contributed by atoms with Gasteiger partial charge in [-0.2, -0.15) is 0 Å². The van der Waals surface area contributed by atoms with E-state index < -0.39 is 0 Å². The van der Waals surface area contributed by atoms with Crippen molar-refractivity contribution in [2.24, 2.45) is 5.73 Å². The van der Waals surface area contributed by atoms with Crippen LogP contribution in [0.25, 0.3) is 11.0 Å². The Balaban J connectivity index is 2.15. The minimum absolute atomic E-state index is 0.169. The SMILES string of the molecule is Cc1ccc2oc(C(N)c3cccs3)c(C)c2c1. The van der Waals surface area contributed by atoms with E-state index in [1.165, 1.54) is 5.56 Å². The van der Waals surface area contributed by atoms with Crippen molar-refractivity contribution in [1.82, 2.24) is 0 Å². The van der Waals surface area contributed by atoms with Gasteiger partial charge in [0.1, 0.15) is 11.3 Å². The summed E-state index contributed by atoms with van der Waals surface area (Å²) < 4.78 is 5.92. The topological polar surface area (TPSA) is 39.2 Å². The lowest BCUT2D eigenvalue weighted by atomic mass is 10.1. The lowest BCUT2D eigenvalue weighted by molar-refractivity contribution is 0.524. The van der Waals surface area contributed by atoms with Gasteiger partial charge in [0.05, 0.1) is 6.04 Å². The molecule has 3 rings (SSSR count). The van der Waals surface area contributed by atoms with Crippen LogP contribution >= 0.6 is 11.3 Å². The van der Waals surface area contributed by atoms with Crippen molar-refractivity contribution in [3.8, 4) is 0 Å². The molecule has 18 heavy (non-hydrogen) atoms. The molecule has 2 nitrogen and oxygen atoms in total. The summed E-state index contributed by atoms with van der Waals surface area (Å²) in [5.74, 6) is 0.873. The van der Waals surface area contributed by atoms with Crippen LogP contribution in [0.2, 0.25) is 0 Å². The zero-order valence-corrected chi connectivity index (χ0v) is 11.3. The molecule has 0 spiro atoms. The lowest BCUT2D eigenvalue weighted by Gasteiger charge is -2.06. The maximum atomic E-state index is 6.28. The largest absolute Gasteiger partial charge is 0.459 e. The average Bonchev–Trinajstić information content (AvgIpc) is 2.98. The first-order valence-electron chi connectivity index (χ1n) is 5.95. The molecule has 0 saturated heterocycles. The Bertz CT molecular complexity index is 682. The Labute approximate surface area is 110 Å². The van der Waals surface area contributed by atoms with Gasteiger partial charge in [0.15, 0.2) is 0 Å². The molecule has 0 aliphatic carbocycles. The summed E-state index contributed by atoms with van der Waals surface area (Å²) in [6.45, 7) is 4.17. The molecule has 3 aromatic rings. The fourth-order valence-electron chi connectivity index (χ4n) is 2.25. The van der Waals surface area contributed by atoms with Gasteiger partial charge in [0.2, 0.25) is 0 Å². The quantitative estimate of drug-likeness (QED) is 0.748. The highest BCUT2D eigenvalue weighted by Crippen LogP contribution is 2.33. The minimum Gasteiger partial charge on any atom is -0.459 e. The second-order valence-corrected chi connectivity index (χ2v) is 5.56. The number of thiophene rings is 1. The first-order chi connectivity index (χ1) is 8.66. The van der Waals surface area contributed by atoms with Crippen LogP contribution in [0.4, 0.5) is 0 Å². The Morgan fingerprint density at radius 1 is 1.22 bits per heavy atom. The van der Waals surface area contributed by atoms with E-state index in [9.17, 15) is 0 Å². The van der Waals surface area contributed by atoms with Crippen LogP contribution in [0.1, 0.15) is 27.8 Å². The number of aryl methyl sites for hydroxylation is 2. The summed E-state index contributed by atoms with van der Waals surface area (Å²) in [7, 11) is 0. The van der Waals surface area contributed by atoms with Gasteiger partial charge in [0.25, 0.3) is 0 Å². The Hall–Kier alpha value is -1.58. The van der Waals surface area contributed by atoms with Crippen LogP contribution in [0.5, 0.6) is 0 Å². The van der Waals surface area contributed by atoms with E-state index in [2.05, 4.69) is 26.0 Å². The van der Waals surface area contributed by atoms with Gasteiger partial charge in [-0.25, -0.2) is 0 Å². The molecule has 1 unspecified atom stereocenters. The van der Waals surface area contributed by atoms with Crippen LogP contribution in [0.15, 0.2) is 40.1 Å². The third-order valence-corrected chi connectivity index (χ3v) is 4.22. The number of hydrogen-bond donors (Lipinski definition) is 1. The van der Waals surface area contributed by atoms with Gasteiger partial charge >= 0.3 is 0 Å². The van der Waals surface area contributed by atoms with Crippen molar-refractivity contribution in [2.45, 2.75) is 19.9 Å². The average molecular weight is 257 g/mol. The fourth-order valence-corrected chi connectivity index (χ4v) is 2.97. The molecule has 0 aliphatic rings. The van der Waals surface area contributed by atoms with E-state index in [1.54, 1.807) is 11.3 Å². The third-order valence-electron chi connectivity index (χ3n) is 3.26. The van der Waals surface area contributed by atoms with Gasteiger partial charge < -0.3 is 10.2 Å². The van der Waals surface area contributed by atoms with Gasteiger partial charge in [-0.3, -0.25) is 0 Å². The first-order valence-corrected chi connectivity index (χ1v) is 6.83. The van der Waals surface area contributed by atoms with E-state index in [0.29, 0.717) is 0 Å². The van der Waals surface area contributed by atoms with Gasteiger partial charge in [-0.1, -0.05) is 17.7 Å². The second kappa shape index (κ2) is 4.26. The summed E-state index contributed by atoms with van der Waals surface area (Å²) >= 11 is 1.66. The standard InChI is InChI=1S/C15H15NOS/c1-9-5-6-12-11(8-9)10(2)15(17-12)14(16)13-4-3-7-18-13/h3-8,14H,16H2,1-2H3. The van der Waals surface area contributed by atoms with Crippen molar-refractivity contribution in [2.75, 3.05) is 0 Å². The monoisotopic (exact) mass is 257 g/mol. The molecule has 0 aliphatic heterocycles. The normalized spacial score (nSPS) is 13.1. The van der Waals surface area contributed by atoms with Crippen LogP contribution < -0.4 is 5.73 Å². The fraction of sp³-hybridized carbons (Fsp3) is 0.200. The summed E-state index contributed by atoms with van der Waals surface area (Å²) in [6, 6.07) is 10.1. The Morgan fingerprint density at radius 3 is 2.78 bits per heavy atom. The summed E-state index contributed by atoms with van der Waals surface area (Å²) in [5, 5.41) is 3.20. The molecular formula is C15H15NOS. The maximum Gasteiger partial charge on any atom is 0.134 e. The third kappa shape index (κ3) is 1.76. The van der Waals surface area contributed by atoms with Crippen molar-refractivity contribution in [3.05, 3.63) is 57.5 Å².